The predicted octanol–water partition coefficient (Wildman–Crippen LogP) is 4.15. The summed E-state index contributed by atoms with van der Waals surface area (Å²) in [6.45, 7) is 2.22. The third-order valence-electron chi connectivity index (χ3n) is 5.29. The standard InChI is InChI=1S/C23H22N6OS/c30-21(27-17-8-10-18(11-9-17)28-12-4-5-13-28)15-31-23-20-14-26-29(22(20)24-16-25-23)19-6-2-1-3-7-19/h1-3,6-11,14,16H,4-5,12-13,15H2,(H,27,30). The molecular weight excluding hydrogens is 408 g/mol. The highest BCUT2D eigenvalue weighted by Crippen LogP contribution is 2.26. The normalized spacial score (nSPS) is 13.6. The number of thioether (sulfide) groups is 1. The number of nitrogens with zero attached hydrogens (tertiary/aromatic N) is 5. The Morgan fingerprint density at radius 3 is 2.52 bits per heavy atom. The fourth-order valence-electron chi connectivity index (χ4n) is 3.76. The molecule has 4 aromatic rings. The van der Waals surface area contributed by atoms with Gasteiger partial charge < -0.3 is 10.2 Å². The molecule has 1 aliphatic heterocycles. The summed E-state index contributed by atoms with van der Waals surface area (Å²) in [5, 5.41) is 9.00. The topological polar surface area (TPSA) is 75.9 Å². The number of fused-ring (bicyclic) bond motifs is 1. The number of para-hydroxylation sites is 1. The van der Waals surface area contributed by atoms with Crippen molar-refractivity contribution in [3.8, 4) is 5.69 Å². The summed E-state index contributed by atoms with van der Waals surface area (Å²) in [7, 11) is 0. The molecule has 0 bridgehead atoms. The molecule has 1 saturated heterocycles. The average molecular weight is 431 g/mol. The van der Waals surface area contributed by atoms with Gasteiger partial charge in [-0.3, -0.25) is 4.79 Å². The quantitative estimate of drug-likeness (QED) is 0.366. The van der Waals surface area contributed by atoms with Crippen LogP contribution in [0.3, 0.4) is 0 Å². The molecule has 8 heteroatoms. The van der Waals surface area contributed by atoms with E-state index in [0.717, 1.165) is 40.5 Å². The lowest BCUT2D eigenvalue weighted by Crippen LogP contribution is -2.18. The highest BCUT2D eigenvalue weighted by molar-refractivity contribution is 8.00. The maximum absolute atomic E-state index is 12.5. The van der Waals surface area contributed by atoms with E-state index in [1.807, 2.05) is 42.5 Å². The maximum atomic E-state index is 12.5. The van der Waals surface area contributed by atoms with E-state index in [2.05, 4.69) is 37.4 Å². The Morgan fingerprint density at radius 1 is 0.968 bits per heavy atom. The van der Waals surface area contributed by atoms with Gasteiger partial charge in [0.25, 0.3) is 0 Å². The van der Waals surface area contributed by atoms with Crippen molar-refractivity contribution in [1.82, 2.24) is 19.7 Å². The molecule has 156 valence electrons. The van der Waals surface area contributed by atoms with Crippen molar-refractivity contribution < 1.29 is 4.79 Å². The molecule has 0 radical (unpaired) electrons. The molecule has 0 atom stereocenters. The van der Waals surface area contributed by atoms with Crippen molar-refractivity contribution in [2.75, 3.05) is 29.1 Å². The van der Waals surface area contributed by atoms with E-state index in [-0.39, 0.29) is 11.7 Å². The minimum atomic E-state index is -0.0684. The van der Waals surface area contributed by atoms with Crippen LogP contribution < -0.4 is 10.2 Å². The van der Waals surface area contributed by atoms with Crippen molar-refractivity contribution in [3.05, 3.63) is 67.1 Å². The van der Waals surface area contributed by atoms with Crippen molar-refractivity contribution in [3.63, 3.8) is 0 Å². The molecule has 1 N–H and O–H groups in total. The molecule has 0 saturated carbocycles. The number of aromatic nitrogens is 4. The van der Waals surface area contributed by atoms with Gasteiger partial charge in [0.15, 0.2) is 5.65 Å². The van der Waals surface area contributed by atoms with Gasteiger partial charge in [0.1, 0.15) is 11.4 Å². The highest BCUT2D eigenvalue weighted by Gasteiger charge is 2.14. The zero-order chi connectivity index (χ0) is 21.0. The Bertz CT molecular complexity index is 1190. The number of anilines is 2. The smallest absolute Gasteiger partial charge is 0.234 e. The zero-order valence-corrected chi connectivity index (χ0v) is 17.8. The maximum Gasteiger partial charge on any atom is 0.234 e. The summed E-state index contributed by atoms with van der Waals surface area (Å²) < 4.78 is 1.78. The van der Waals surface area contributed by atoms with Gasteiger partial charge in [-0.2, -0.15) is 5.10 Å². The largest absolute Gasteiger partial charge is 0.372 e. The first-order chi connectivity index (χ1) is 15.3. The van der Waals surface area contributed by atoms with Gasteiger partial charge in [-0.15, -0.1) is 0 Å². The molecular formula is C23H22N6OS. The zero-order valence-electron chi connectivity index (χ0n) is 16.9. The molecule has 5 rings (SSSR count). The SMILES string of the molecule is O=C(CSc1ncnc2c1cnn2-c1ccccc1)Nc1ccc(N2CCCC2)cc1. The van der Waals surface area contributed by atoms with Crippen LogP contribution in [0.15, 0.2) is 72.1 Å². The summed E-state index contributed by atoms with van der Waals surface area (Å²) in [5.74, 6) is 0.192. The number of rotatable bonds is 6. The molecule has 0 unspecified atom stereocenters. The minimum Gasteiger partial charge on any atom is -0.372 e. The molecule has 7 nitrogen and oxygen atoms in total. The van der Waals surface area contributed by atoms with Gasteiger partial charge in [-0.25, -0.2) is 14.6 Å². The molecule has 1 fully saturated rings. The predicted molar refractivity (Wildman–Crippen MR) is 124 cm³/mol. The summed E-state index contributed by atoms with van der Waals surface area (Å²) >= 11 is 1.38. The molecule has 31 heavy (non-hydrogen) atoms. The van der Waals surface area contributed by atoms with Crippen molar-refractivity contribution in [2.45, 2.75) is 17.9 Å². The number of hydrogen-bond acceptors (Lipinski definition) is 6. The lowest BCUT2D eigenvalue weighted by Gasteiger charge is -2.17. The number of hydrogen-bond donors (Lipinski definition) is 1. The third kappa shape index (κ3) is 4.25. The first-order valence-electron chi connectivity index (χ1n) is 10.3. The van der Waals surface area contributed by atoms with Crippen molar-refractivity contribution >= 4 is 40.1 Å². The van der Waals surface area contributed by atoms with E-state index in [1.54, 1.807) is 10.9 Å². The molecule has 0 aliphatic carbocycles. The average Bonchev–Trinajstić information content (AvgIpc) is 3.49. The van der Waals surface area contributed by atoms with Gasteiger partial charge in [0.2, 0.25) is 5.91 Å². The number of benzene rings is 2. The van der Waals surface area contributed by atoms with Crippen molar-refractivity contribution in [2.24, 2.45) is 0 Å². The van der Waals surface area contributed by atoms with E-state index in [0.29, 0.717) is 0 Å². The van der Waals surface area contributed by atoms with Crippen molar-refractivity contribution in [1.29, 1.82) is 0 Å². The second kappa shape index (κ2) is 8.77. The number of carbonyl (C=O) groups is 1. The van der Waals surface area contributed by atoms with Crippen LogP contribution in [0.5, 0.6) is 0 Å². The van der Waals surface area contributed by atoms with E-state index in [9.17, 15) is 4.79 Å². The Morgan fingerprint density at radius 2 is 1.74 bits per heavy atom. The number of nitrogens with one attached hydrogen (secondary N) is 1. The van der Waals surface area contributed by atoms with Crippen LogP contribution in [-0.2, 0) is 4.79 Å². The number of carbonyl (C=O) groups excluding carboxylic acids is 1. The molecule has 3 heterocycles. The van der Waals surface area contributed by atoms with Crippen LogP contribution in [0.2, 0.25) is 0 Å². The lowest BCUT2D eigenvalue weighted by atomic mass is 10.2. The van der Waals surface area contributed by atoms with E-state index in [4.69, 9.17) is 0 Å². The molecule has 0 spiro atoms. The fraction of sp³-hybridized carbons (Fsp3) is 0.217. The summed E-state index contributed by atoms with van der Waals surface area (Å²) in [6.07, 6.45) is 5.76. The first kappa shape index (κ1) is 19.6. The Hall–Kier alpha value is -3.39. The Kier molecular flexibility index (Phi) is 5.54. The van der Waals surface area contributed by atoms with Gasteiger partial charge >= 0.3 is 0 Å². The first-order valence-corrected chi connectivity index (χ1v) is 11.3. The highest BCUT2D eigenvalue weighted by atomic mass is 32.2. The molecule has 2 aromatic heterocycles. The van der Waals surface area contributed by atoms with E-state index < -0.39 is 0 Å². The Balaban J connectivity index is 1.24. The molecule has 1 amide bonds. The minimum absolute atomic E-state index is 0.0684. The van der Waals surface area contributed by atoms with Gasteiger partial charge in [0, 0.05) is 24.5 Å². The number of amides is 1. The van der Waals surface area contributed by atoms with Crippen LogP contribution >= 0.6 is 11.8 Å². The monoisotopic (exact) mass is 430 g/mol. The lowest BCUT2D eigenvalue weighted by molar-refractivity contribution is -0.113. The second-order valence-electron chi connectivity index (χ2n) is 7.39. The Labute approximate surface area is 184 Å². The van der Waals surface area contributed by atoms with Gasteiger partial charge in [0.05, 0.1) is 23.0 Å². The van der Waals surface area contributed by atoms with Crippen LogP contribution in [0.25, 0.3) is 16.7 Å². The van der Waals surface area contributed by atoms with Crippen LogP contribution in [0.4, 0.5) is 11.4 Å². The fourth-order valence-corrected chi connectivity index (χ4v) is 4.52. The summed E-state index contributed by atoms with van der Waals surface area (Å²) in [6, 6.07) is 17.9. The second-order valence-corrected chi connectivity index (χ2v) is 8.35. The molecule has 2 aromatic carbocycles. The van der Waals surface area contributed by atoms with Gasteiger partial charge in [-0.05, 0) is 49.2 Å². The third-order valence-corrected chi connectivity index (χ3v) is 6.30. The summed E-state index contributed by atoms with van der Waals surface area (Å²) in [4.78, 5) is 23.6. The van der Waals surface area contributed by atoms with E-state index in [1.165, 1.54) is 36.6 Å². The van der Waals surface area contributed by atoms with Crippen LogP contribution in [-0.4, -0.2) is 44.5 Å². The molecule has 1 aliphatic rings. The summed E-state index contributed by atoms with van der Waals surface area (Å²) in [5.41, 5.74) is 3.67. The van der Waals surface area contributed by atoms with Gasteiger partial charge in [-0.1, -0.05) is 30.0 Å². The van der Waals surface area contributed by atoms with Crippen LogP contribution in [0.1, 0.15) is 12.8 Å². The van der Waals surface area contributed by atoms with E-state index >= 15 is 0 Å². The van der Waals surface area contributed by atoms with Crippen LogP contribution in [0, 0.1) is 0 Å².